The molecule has 0 saturated heterocycles. The Bertz CT molecular complexity index is 551. The summed E-state index contributed by atoms with van der Waals surface area (Å²) >= 11 is 0. The van der Waals surface area contributed by atoms with E-state index in [0.717, 1.165) is 18.0 Å². The van der Waals surface area contributed by atoms with Crippen LogP contribution in [-0.2, 0) is 0 Å². The molecule has 0 aliphatic rings. The first-order valence-electron chi connectivity index (χ1n) is 7.26. The smallest absolute Gasteiger partial charge is 0.119 e. The highest BCUT2D eigenvalue weighted by molar-refractivity contribution is 5.29. The Morgan fingerprint density at radius 1 is 1.05 bits per heavy atom. The Kier molecular flexibility index (Phi) is 5.64. The van der Waals surface area contributed by atoms with Crippen molar-refractivity contribution < 1.29 is 9.47 Å². The van der Waals surface area contributed by atoms with Gasteiger partial charge < -0.3 is 14.8 Å². The molecular formula is C18H23NO2. The normalized spacial score (nSPS) is 12.0. The van der Waals surface area contributed by atoms with Crippen molar-refractivity contribution in [3.8, 4) is 11.5 Å². The molecule has 1 atom stereocenters. The van der Waals surface area contributed by atoms with Gasteiger partial charge in [0.1, 0.15) is 18.1 Å². The van der Waals surface area contributed by atoms with E-state index in [1.54, 1.807) is 7.11 Å². The Morgan fingerprint density at radius 3 is 2.48 bits per heavy atom. The minimum Gasteiger partial charge on any atom is -0.497 e. The van der Waals surface area contributed by atoms with E-state index in [1.807, 2.05) is 30.3 Å². The molecule has 3 heteroatoms. The summed E-state index contributed by atoms with van der Waals surface area (Å²) in [5, 5.41) is 3.46. The lowest BCUT2D eigenvalue weighted by Crippen LogP contribution is -2.24. The summed E-state index contributed by atoms with van der Waals surface area (Å²) in [7, 11) is 1.68. The lowest BCUT2D eigenvalue weighted by atomic mass is 10.1. The lowest BCUT2D eigenvalue weighted by Gasteiger charge is -2.15. The number of nitrogens with one attached hydrogen (secondary N) is 1. The molecule has 0 saturated carbocycles. The maximum absolute atomic E-state index is 5.73. The summed E-state index contributed by atoms with van der Waals surface area (Å²) in [6, 6.07) is 16.5. The second kappa shape index (κ2) is 7.70. The zero-order valence-electron chi connectivity index (χ0n) is 12.9. The van der Waals surface area contributed by atoms with Crippen molar-refractivity contribution in [2.75, 3.05) is 20.3 Å². The molecule has 0 aliphatic heterocycles. The zero-order chi connectivity index (χ0) is 15.1. The minimum atomic E-state index is 0.289. The standard InChI is InChI=1S/C18H23NO2/c1-14-5-4-6-18(13-14)21-12-11-19-15(2)16-7-9-17(20-3)10-8-16/h4-10,13,15,19H,11-12H2,1-3H3. The number of methoxy groups -OCH3 is 1. The van der Waals surface area contributed by atoms with Crippen LogP contribution in [0.4, 0.5) is 0 Å². The quantitative estimate of drug-likeness (QED) is 0.786. The van der Waals surface area contributed by atoms with Gasteiger partial charge in [-0.3, -0.25) is 0 Å². The molecule has 2 aromatic carbocycles. The Balaban J connectivity index is 1.74. The maximum atomic E-state index is 5.73. The van der Waals surface area contributed by atoms with E-state index in [1.165, 1.54) is 11.1 Å². The number of benzene rings is 2. The van der Waals surface area contributed by atoms with Crippen LogP contribution in [0.5, 0.6) is 11.5 Å². The first-order chi connectivity index (χ1) is 10.2. The highest BCUT2D eigenvalue weighted by Crippen LogP contribution is 2.17. The molecule has 0 aliphatic carbocycles. The van der Waals surface area contributed by atoms with Gasteiger partial charge in [0.2, 0.25) is 0 Å². The molecule has 0 spiro atoms. The van der Waals surface area contributed by atoms with Crippen molar-refractivity contribution in [2.24, 2.45) is 0 Å². The molecule has 0 bridgehead atoms. The Hall–Kier alpha value is -2.00. The predicted octanol–water partition coefficient (Wildman–Crippen LogP) is 3.73. The molecule has 0 aromatic heterocycles. The number of rotatable bonds is 7. The SMILES string of the molecule is COc1ccc(C(C)NCCOc2cccc(C)c2)cc1. The van der Waals surface area contributed by atoms with Crippen LogP contribution in [0.25, 0.3) is 0 Å². The van der Waals surface area contributed by atoms with Crippen LogP contribution in [0.2, 0.25) is 0 Å². The topological polar surface area (TPSA) is 30.5 Å². The molecule has 0 heterocycles. The Morgan fingerprint density at radius 2 is 1.81 bits per heavy atom. The van der Waals surface area contributed by atoms with Crippen LogP contribution in [0.1, 0.15) is 24.1 Å². The van der Waals surface area contributed by atoms with Gasteiger partial charge in [0, 0.05) is 12.6 Å². The van der Waals surface area contributed by atoms with E-state index in [9.17, 15) is 0 Å². The van der Waals surface area contributed by atoms with E-state index in [-0.39, 0.29) is 6.04 Å². The van der Waals surface area contributed by atoms with E-state index < -0.39 is 0 Å². The molecule has 0 radical (unpaired) electrons. The monoisotopic (exact) mass is 285 g/mol. The molecule has 1 N–H and O–H groups in total. The van der Waals surface area contributed by atoms with Gasteiger partial charge >= 0.3 is 0 Å². The fraction of sp³-hybridized carbons (Fsp3) is 0.333. The zero-order valence-corrected chi connectivity index (χ0v) is 12.9. The Labute approximate surface area is 126 Å². The minimum absolute atomic E-state index is 0.289. The average molecular weight is 285 g/mol. The van der Waals surface area contributed by atoms with Gasteiger partial charge in [-0.2, -0.15) is 0 Å². The van der Waals surface area contributed by atoms with Gasteiger partial charge in [-0.05, 0) is 49.2 Å². The van der Waals surface area contributed by atoms with Crippen molar-refractivity contribution >= 4 is 0 Å². The van der Waals surface area contributed by atoms with Crippen LogP contribution >= 0.6 is 0 Å². The second-order valence-electron chi connectivity index (χ2n) is 5.11. The van der Waals surface area contributed by atoms with E-state index in [4.69, 9.17) is 9.47 Å². The maximum Gasteiger partial charge on any atom is 0.119 e. The molecule has 1 unspecified atom stereocenters. The molecule has 2 aromatic rings. The fourth-order valence-corrected chi connectivity index (χ4v) is 2.16. The van der Waals surface area contributed by atoms with Crippen LogP contribution in [0, 0.1) is 6.92 Å². The van der Waals surface area contributed by atoms with Crippen molar-refractivity contribution in [1.82, 2.24) is 5.32 Å². The van der Waals surface area contributed by atoms with E-state index >= 15 is 0 Å². The summed E-state index contributed by atoms with van der Waals surface area (Å²) in [4.78, 5) is 0. The second-order valence-corrected chi connectivity index (χ2v) is 5.11. The van der Waals surface area contributed by atoms with Crippen molar-refractivity contribution in [1.29, 1.82) is 0 Å². The van der Waals surface area contributed by atoms with Gasteiger partial charge in [0.25, 0.3) is 0 Å². The molecule has 2 rings (SSSR count). The number of ether oxygens (including phenoxy) is 2. The van der Waals surface area contributed by atoms with Gasteiger partial charge in [-0.1, -0.05) is 24.3 Å². The molecule has 0 amide bonds. The van der Waals surface area contributed by atoms with Crippen molar-refractivity contribution in [3.05, 3.63) is 59.7 Å². The van der Waals surface area contributed by atoms with Crippen molar-refractivity contribution in [3.63, 3.8) is 0 Å². The van der Waals surface area contributed by atoms with Gasteiger partial charge in [0.05, 0.1) is 7.11 Å². The predicted molar refractivity (Wildman–Crippen MR) is 86.1 cm³/mol. The average Bonchev–Trinajstić information content (AvgIpc) is 2.51. The van der Waals surface area contributed by atoms with Gasteiger partial charge in [0.15, 0.2) is 0 Å². The van der Waals surface area contributed by atoms with E-state index in [0.29, 0.717) is 6.61 Å². The molecule has 3 nitrogen and oxygen atoms in total. The van der Waals surface area contributed by atoms with Crippen LogP contribution in [0.15, 0.2) is 48.5 Å². The van der Waals surface area contributed by atoms with Gasteiger partial charge in [-0.15, -0.1) is 0 Å². The summed E-state index contributed by atoms with van der Waals surface area (Å²) in [5.74, 6) is 1.81. The van der Waals surface area contributed by atoms with Gasteiger partial charge in [-0.25, -0.2) is 0 Å². The lowest BCUT2D eigenvalue weighted by molar-refractivity contribution is 0.307. The van der Waals surface area contributed by atoms with Crippen molar-refractivity contribution in [2.45, 2.75) is 19.9 Å². The van der Waals surface area contributed by atoms with Crippen LogP contribution in [-0.4, -0.2) is 20.3 Å². The third-order valence-electron chi connectivity index (χ3n) is 3.43. The number of aryl methyl sites for hydroxylation is 1. The summed E-state index contributed by atoms with van der Waals surface area (Å²) < 4.78 is 10.9. The number of hydrogen-bond donors (Lipinski definition) is 1. The molecule has 0 fully saturated rings. The van der Waals surface area contributed by atoms with E-state index in [2.05, 4.69) is 37.4 Å². The van der Waals surface area contributed by atoms with Crippen LogP contribution in [0.3, 0.4) is 0 Å². The molecule has 112 valence electrons. The molecular weight excluding hydrogens is 262 g/mol. The first kappa shape index (κ1) is 15.4. The first-order valence-corrected chi connectivity index (χ1v) is 7.26. The highest BCUT2D eigenvalue weighted by Gasteiger charge is 2.04. The summed E-state index contributed by atoms with van der Waals surface area (Å²) in [5.41, 5.74) is 2.46. The third kappa shape index (κ3) is 4.80. The highest BCUT2D eigenvalue weighted by atomic mass is 16.5. The number of hydrogen-bond acceptors (Lipinski definition) is 3. The third-order valence-corrected chi connectivity index (χ3v) is 3.43. The van der Waals surface area contributed by atoms with Crippen LogP contribution < -0.4 is 14.8 Å². The summed E-state index contributed by atoms with van der Waals surface area (Å²) in [6.07, 6.45) is 0. The molecule has 21 heavy (non-hydrogen) atoms. The summed E-state index contributed by atoms with van der Waals surface area (Å²) in [6.45, 7) is 5.68. The fourth-order valence-electron chi connectivity index (χ4n) is 2.16. The largest absolute Gasteiger partial charge is 0.497 e.